The fourth-order valence-corrected chi connectivity index (χ4v) is 3.17. The van der Waals surface area contributed by atoms with E-state index >= 15 is 0 Å². The third-order valence-corrected chi connectivity index (χ3v) is 4.47. The van der Waals surface area contributed by atoms with Crippen molar-refractivity contribution in [3.63, 3.8) is 0 Å². The number of carbonyl (C=O) groups excluding carboxylic acids is 1. The minimum atomic E-state index is -0.00474. The van der Waals surface area contributed by atoms with Crippen LogP contribution < -0.4 is 15.0 Å². The van der Waals surface area contributed by atoms with E-state index in [0.717, 1.165) is 30.1 Å². The first-order valence-electron chi connectivity index (χ1n) is 9.11. The first kappa shape index (κ1) is 17.3. The standard InChI is InChI=1S/C21H26N2O2/c1-2-25-20-12-6-17(7-13-20)16-21(24)22-18-8-10-19(11-9-18)23-14-4-3-5-15-23/h6-13H,2-5,14-16H2,1H3,(H,22,24). The summed E-state index contributed by atoms with van der Waals surface area (Å²) in [5.41, 5.74) is 3.06. The van der Waals surface area contributed by atoms with Gasteiger partial charge in [0.1, 0.15) is 5.75 Å². The third kappa shape index (κ3) is 4.99. The molecule has 2 aromatic rings. The molecule has 1 aliphatic rings. The first-order chi connectivity index (χ1) is 12.2. The molecule has 4 nitrogen and oxygen atoms in total. The number of nitrogens with one attached hydrogen (secondary N) is 1. The van der Waals surface area contributed by atoms with Gasteiger partial charge in [-0.05, 0) is 68.1 Å². The molecule has 0 aromatic heterocycles. The van der Waals surface area contributed by atoms with Gasteiger partial charge in [-0.25, -0.2) is 0 Å². The second kappa shape index (κ2) is 8.56. The molecule has 1 amide bonds. The van der Waals surface area contributed by atoms with Gasteiger partial charge in [-0.2, -0.15) is 0 Å². The molecule has 0 radical (unpaired) electrons. The van der Waals surface area contributed by atoms with Crippen LogP contribution in [-0.4, -0.2) is 25.6 Å². The highest BCUT2D eigenvalue weighted by molar-refractivity contribution is 5.92. The number of rotatable bonds is 6. The van der Waals surface area contributed by atoms with Crippen LogP contribution in [0.2, 0.25) is 0 Å². The Morgan fingerprint density at radius 2 is 1.68 bits per heavy atom. The van der Waals surface area contributed by atoms with Gasteiger partial charge in [-0.15, -0.1) is 0 Å². The van der Waals surface area contributed by atoms with Crippen LogP contribution in [0.15, 0.2) is 48.5 Å². The number of amides is 1. The Balaban J connectivity index is 1.53. The lowest BCUT2D eigenvalue weighted by Gasteiger charge is -2.28. The highest BCUT2D eigenvalue weighted by Crippen LogP contribution is 2.22. The molecule has 0 atom stereocenters. The lowest BCUT2D eigenvalue weighted by atomic mass is 10.1. The summed E-state index contributed by atoms with van der Waals surface area (Å²) in [6, 6.07) is 15.8. The molecule has 1 N–H and O–H groups in total. The van der Waals surface area contributed by atoms with Crippen molar-refractivity contribution in [2.75, 3.05) is 29.9 Å². The van der Waals surface area contributed by atoms with E-state index in [2.05, 4.69) is 22.3 Å². The van der Waals surface area contributed by atoms with Crippen LogP contribution in [-0.2, 0) is 11.2 Å². The van der Waals surface area contributed by atoms with Crippen LogP contribution in [0.25, 0.3) is 0 Å². The highest BCUT2D eigenvalue weighted by Gasteiger charge is 2.11. The lowest BCUT2D eigenvalue weighted by Crippen LogP contribution is -2.29. The normalized spacial score (nSPS) is 14.2. The predicted octanol–water partition coefficient (Wildman–Crippen LogP) is 4.26. The summed E-state index contributed by atoms with van der Waals surface area (Å²) in [6.07, 6.45) is 4.22. The molecular formula is C21H26N2O2. The van der Waals surface area contributed by atoms with Gasteiger partial charge in [0.05, 0.1) is 13.0 Å². The minimum absolute atomic E-state index is 0.00474. The van der Waals surface area contributed by atoms with E-state index in [9.17, 15) is 4.79 Å². The number of benzene rings is 2. The summed E-state index contributed by atoms with van der Waals surface area (Å²) in [5, 5.41) is 2.97. The van der Waals surface area contributed by atoms with Crippen molar-refractivity contribution in [3.05, 3.63) is 54.1 Å². The molecule has 4 heteroatoms. The molecule has 0 spiro atoms. The molecule has 0 unspecified atom stereocenters. The molecule has 0 bridgehead atoms. The summed E-state index contributed by atoms with van der Waals surface area (Å²) in [6.45, 7) is 4.86. The Labute approximate surface area is 149 Å². The maximum atomic E-state index is 12.2. The predicted molar refractivity (Wildman–Crippen MR) is 102 cm³/mol. The van der Waals surface area contributed by atoms with Gasteiger partial charge in [0.25, 0.3) is 0 Å². The number of hydrogen-bond donors (Lipinski definition) is 1. The number of anilines is 2. The number of hydrogen-bond acceptors (Lipinski definition) is 3. The van der Waals surface area contributed by atoms with E-state index in [4.69, 9.17) is 4.74 Å². The van der Waals surface area contributed by atoms with Crippen LogP contribution in [0.5, 0.6) is 5.75 Å². The largest absolute Gasteiger partial charge is 0.494 e. The van der Waals surface area contributed by atoms with Crippen LogP contribution >= 0.6 is 0 Å². The van der Waals surface area contributed by atoms with Crippen molar-refractivity contribution in [1.29, 1.82) is 0 Å². The topological polar surface area (TPSA) is 41.6 Å². The van der Waals surface area contributed by atoms with Crippen molar-refractivity contribution >= 4 is 17.3 Å². The Morgan fingerprint density at radius 3 is 2.32 bits per heavy atom. The van der Waals surface area contributed by atoms with Gasteiger partial charge in [-0.1, -0.05) is 12.1 Å². The van der Waals surface area contributed by atoms with Gasteiger partial charge in [0.2, 0.25) is 5.91 Å². The van der Waals surface area contributed by atoms with Crippen LogP contribution in [0.3, 0.4) is 0 Å². The monoisotopic (exact) mass is 338 g/mol. The van der Waals surface area contributed by atoms with E-state index in [-0.39, 0.29) is 5.91 Å². The SMILES string of the molecule is CCOc1ccc(CC(=O)Nc2ccc(N3CCCCC3)cc2)cc1. The third-order valence-electron chi connectivity index (χ3n) is 4.47. The zero-order chi connectivity index (χ0) is 17.5. The molecule has 2 aromatic carbocycles. The fraction of sp³-hybridized carbons (Fsp3) is 0.381. The molecule has 0 saturated carbocycles. The summed E-state index contributed by atoms with van der Waals surface area (Å²) < 4.78 is 5.42. The molecule has 25 heavy (non-hydrogen) atoms. The Hall–Kier alpha value is -2.49. The molecule has 1 aliphatic heterocycles. The maximum Gasteiger partial charge on any atom is 0.228 e. The maximum absolute atomic E-state index is 12.2. The van der Waals surface area contributed by atoms with Gasteiger partial charge in [0.15, 0.2) is 0 Å². The molecule has 0 aliphatic carbocycles. The summed E-state index contributed by atoms with van der Waals surface area (Å²) in [5.74, 6) is 0.829. The quantitative estimate of drug-likeness (QED) is 0.856. The molecule has 1 fully saturated rings. The fourth-order valence-electron chi connectivity index (χ4n) is 3.17. The van der Waals surface area contributed by atoms with Crippen molar-refractivity contribution < 1.29 is 9.53 Å². The average molecular weight is 338 g/mol. The molecule has 1 saturated heterocycles. The second-order valence-electron chi connectivity index (χ2n) is 6.40. The van der Waals surface area contributed by atoms with Gasteiger partial charge < -0.3 is 15.0 Å². The van der Waals surface area contributed by atoms with Gasteiger partial charge >= 0.3 is 0 Å². The molecular weight excluding hydrogens is 312 g/mol. The van der Waals surface area contributed by atoms with E-state index in [1.807, 2.05) is 43.3 Å². The summed E-state index contributed by atoms with van der Waals surface area (Å²) in [7, 11) is 0. The van der Waals surface area contributed by atoms with Crippen LogP contribution in [0, 0.1) is 0 Å². The van der Waals surface area contributed by atoms with Crippen LogP contribution in [0.4, 0.5) is 11.4 Å². The number of ether oxygens (including phenoxy) is 1. The minimum Gasteiger partial charge on any atom is -0.494 e. The Kier molecular flexibility index (Phi) is 5.94. The van der Waals surface area contributed by atoms with Crippen molar-refractivity contribution in [2.24, 2.45) is 0 Å². The number of nitrogens with zero attached hydrogens (tertiary/aromatic N) is 1. The summed E-state index contributed by atoms with van der Waals surface area (Å²) in [4.78, 5) is 14.6. The first-order valence-corrected chi connectivity index (χ1v) is 9.11. The van der Waals surface area contributed by atoms with E-state index in [1.165, 1.54) is 24.9 Å². The van der Waals surface area contributed by atoms with Crippen molar-refractivity contribution in [3.8, 4) is 5.75 Å². The Bertz CT molecular complexity index is 674. The molecule has 1 heterocycles. The zero-order valence-corrected chi connectivity index (χ0v) is 14.8. The number of carbonyl (C=O) groups is 1. The van der Waals surface area contributed by atoms with E-state index < -0.39 is 0 Å². The molecule has 3 rings (SSSR count). The highest BCUT2D eigenvalue weighted by atomic mass is 16.5. The van der Waals surface area contributed by atoms with Crippen molar-refractivity contribution in [1.82, 2.24) is 0 Å². The average Bonchev–Trinajstić information content (AvgIpc) is 2.65. The van der Waals surface area contributed by atoms with Gasteiger partial charge in [-0.3, -0.25) is 4.79 Å². The second-order valence-corrected chi connectivity index (χ2v) is 6.40. The van der Waals surface area contributed by atoms with Gasteiger partial charge in [0, 0.05) is 24.5 Å². The lowest BCUT2D eigenvalue weighted by molar-refractivity contribution is -0.115. The number of piperidine rings is 1. The molecule has 132 valence electrons. The van der Waals surface area contributed by atoms with Crippen molar-refractivity contribution in [2.45, 2.75) is 32.6 Å². The van der Waals surface area contributed by atoms with Crippen LogP contribution in [0.1, 0.15) is 31.7 Å². The van der Waals surface area contributed by atoms with E-state index in [1.54, 1.807) is 0 Å². The van der Waals surface area contributed by atoms with E-state index in [0.29, 0.717) is 13.0 Å². The Morgan fingerprint density at radius 1 is 1.00 bits per heavy atom. The summed E-state index contributed by atoms with van der Waals surface area (Å²) >= 11 is 0. The zero-order valence-electron chi connectivity index (χ0n) is 14.8. The smallest absolute Gasteiger partial charge is 0.228 e.